The number of hydrogen-bond donors (Lipinski definition) is 1. The summed E-state index contributed by atoms with van der Waals surface area (Å²) in [5.41, 5.74) is 5.32. The van der Waals surface area contributed by atoms with E-state index in [9.17, 15) is 9.59 Å². The average molecular weight is 464 g/mol. The van der Waals surface area contributed by atoms with Crippen LogP contribution in [0.3, 0.4) is 0 Å². The number of anilines is 2. The van der Waals surface area contributed by atoms with Crippen LogP contribution in [-0.2, 0) is 22.4 Å². The standard InChI is InChI=1S/C26H29N3O3S/c1-6-18-9-8-10-19(7-2)24(18)28-25(30)15(3)29-22-13-20(21-14-33-17(5)27-21)11-12-23(22)32-16(4)26(29)31/h8-16H,6-7H2,1-5H3,(H,28,30). The molecule has 3 aromatic rings. The van der Waals surface area contributed by atoms with Gasteiger partial charge in [-0.25, -0.2) is 4.98 Å². The van der Waals surface area contributed by atoms with Crippen LogP contribution in [0.1, 0.15) is 43.8 Å². The van der Waals surface area contributed by atoms with Gasteiger partial charge in [-0.05, 0) is 62.9 Å². The molecule has 0 spiro atoms. The van der Waals surface area contributed by atoms with Gasteiger partial charge in [0.2, 0.25) is 5.91 Å². The van der Waals surface area contributed by atoms with Crippen molar-refractivity contribution in [1.29, 1.82) is 0 Å². The Morgan fingerprint density at radius 2 is 1.91 bits per heavy atom. The number of rotatable bonds is 6. The molecule has 2 aromatic carbocycles. The quantitative estimate of drug-likeness (QED) is 0.532. The Hall–Kier alpha value is -3.19. The molecular weight excluding hydrogens is 434 g/mol. The number of fused-ring (bicyclic) bond motifs is 1. The number of amides is 2. The largest absolute Gasteiger partial charge is 0.479 e. The predicted octanol–water partition coefficient (Wildman–Crippen LogP) is 5.38. The maximum atomic E-state index is 13.4. The summed E-state index contributed by atoms with van der Waals surface area (Å²) in [7, 11) is 0. The molecule has 4 rings (SSSR count). The average Bonchev–Trinajstić information content (AvgIpc) is 3.25. The van der Waals surface area contributed by atoms with Gasteiger partial charge in [-0.3, -0.25) is 14.5 Å². The minimum Gasteiger partial charge on any atom is -0.479 e. The first-order valence-electron chi connectivity index (χ1n) is 11.3. The highest BCUT2D eigenvalue weighted by Gasteiger charge is 2.37. The van der Waals surface area contributed by atoms with Crippen LogP contribution in [0.25, 0.3) is 11.3 Å². The third-order valence-corrected chi connectivity index (χ3v) is 6.81. The number of aromatic nitrogens is 1. The summed E-state index contributed by atoms with van der Waals surface area (Å²) in [4.78, 5) is 32.7. The molecule has 0 saturated heterocycles. The smallest absolute Gasteiger partial charge is 0.268 e. The highest BCUT2D eigenvalue weighted by Crippen LogP contribution is 2.39. The number of hydrogen-bond acceptors (Lipinski definition) is 5. The fraction of sp³-hybridized carbons (Fsp3) is 0.346. The molecule has 0 fully saturated rings. The van der Waals surface area contributed by atoms with E-state index in [1.165, 1.54) is 0 Å². The van der Waals surface area contributed by atoms with E-state index in [0.717, 1.165) is 45.9 Å². The van der Waals surface area contributed by atoms with Gasteiger partial charge in [0.1, 0.15) is 11.8 Å². The van der Waals surface area contributed by atoms with Crippen LogP contribution in [0.4, 0.5) is 11.4 Å². The van der Waals surface area contributed by atoms with Crippen molar-refractivity contribution in [3.8, 4) is 17.0 Å². The van der Waals surface area contributed by atoms with E-state index in [1.807, 2.05) is 48.7 Å². The zero-order chi connectivity index (χ0) is 23.7. The highest BCUT2D eigenvalue weighted by molar-refractivity contribution is 7.09. The highest BCUT2D eigenvalue weighted by atomic mass is 32.1. The Morgan fingerprint density at radius 3 is 2.52 bits per heavy atom. The molecule has 2 atom stereocenters. The van der Waals surface area contributed by atoms with Gasteiger partial charge < -0.3 is 10.1 Å². The Labute approximate surface area is 198 Å². The fourth-order valence-electron chi connectivity index (χ4n) is 4.16. The fourth-order valence-corrected chi connectivity index (χ4v) is 4.79. The first kappa shape index (κ1) is 23.0. The molecular formula is C26H29N3O3S. The van der Waals surface area contributed by atoms with Crippen molar-refractivity contribution >= 4 is 34.5 Å². The summed E-state index contributed by atoms with van der Waals surface area (Å²) in [5, 5.41) is 6.06. The maximum absolute atomic E-state index is 13.4. The molecule has 172 valence electrons. The summed E-state index contributed by atoms with van der Waals surface area (Å²) in [6, 6.07) is 11.0. The van der Waals surface area contributed by atoms with Crippen molar-refractivity contribution in [3.63, 3.8) is 0 Å². The van der Waals surface area contributed by atoms with Gasteiger partial charge in [0.15, 0.2) is 6.10 Å². The maximum Gasteiger partial charge on any atom is 0.268 e. The Bertz CT molecular complexity index is 1180. The SMILES string of the molecule is CCc1cccc(CC)c1NC(=O)C(C)N1C(=O)C(C)Oc2ccc(-c3csc(C)n3)cc21. The van der Waals surface area contributed by atoms with E-state index >= 15 is 0 Å². The van der Waals surface area contributed by atoms with E-state index < -0.39 is 12.1 Å². The molecule has 1 N–H and O–H groups in total. The van der Waals surface area contributed by atoms with E-state index in [0.29, 0.717) is 11.4 Å². The van der Waals surface area contributed by atoms with Gasteiger partial charge in [0.25, 0.3) is 5.91 Å². The van der Waals surface area contributed by atoms with Crippen molar-refractivity contribution in [2.24, 2.45) is 0 Å². The number of thiazole rings is 1. The first-order valence-corrected chi connectivity index (χ1v) is 12.2. The van der Waals surface area contributed by atoms with Crippen molar-refractivity contribution in [1.82, 2.24) is 4.98 Å². The van der Waals surface area contributed by atoms with Crippen molar-refractivity contribution in [2.75, 3.05) is 10.2 Å². The Kier molecular flexibility index (Phi) is 6.51. The van der Waals surface area contributed by atoms with Crippen LogP contribution in [0, 0.1) is 6.92 Å². The molecule has 0 bridgehead atoms. The molecule has 7 heteroatoms. The number of para-hydroxylation sites is 1. The summed E-state index contributed by atoms with van der Waals surface area (Å²) in [6.45, 7) is 9.56. The normalized spacial score (nSPS) is 16.2. The van der Waals surface area contributed by atoms with Crippen LogP contribution in [0.15, 0.2) is 41.8 Å². The van der Waals surface area contributed by atoms with Crippen molar-refractivity contribution in [3.05, 3.63) is 57.9 Å². The van der Waals surface area contributed by atoms with Gasteiger partial charge in [-0.2, -0.15) is 0 Å². The van der Waals surface area contributed by atoms with Crippen LogP contribution >= 0.6 is 11.3 Å². The number of ether oxygens (including phenoxy) is 1. The molecule has 6 nitrogen and oxygen atoms in total. The van der Waals surface area contributed by atoms with E-state index in [-0.39, 0.29) is 11.8 Å². The topological polar surface area (TPSA) is 71.5 Å². The molecule has 1 aromatic heterocycles. The van der Waals surface area contributed by atoms with Gasteiger partial charge in [0, 0.05) is 16.6 Å². The molecule has 0 aliphatic carbocycles. The monoisotopic (exact) mass is 463 g/mol. The lowest BCUT2D eigenvalue weighted by Crippen LogP contribution is -2.52. The minimum atomic E-state index is -0.718. The molecule has 2 unspecified atom stereocenters. The van der Waals surface area contributed by atoms with Crippen molar-refractivity contribution < 1.29 is 14.3 Å². The lowest BCUT2D eigenvalue weighted by atomic mass is 10.0. The third-order valence-electron chi connectivity index (χ3n) is 6.04. The van der Waals surface area contributed by atoms with Gasteiger partial charge in [-0.1, -0.05) is 32.0 Å². The summed E-state index contributed by atoms with van der Waals surface area (Å²) >= 11 is 1.57. The van der Waals surface area contributed by atoms with Crippen LogP contribution in [0.5, 0.6) is 5.75 Å². The summed E-state index contributed by atoms with van der Waals surface area (Å²) < 4.78 is 5.85. The van der Waals surface area contributed by atoms with Gasteiger partial charge >= 0.3 is 0 Å². The molecule has 0 radical (unpaired) electrons. The number of nitrogens with zero attached hydrogens (tertiary/aromatic N) is 2. The lowest BCUT2D eigenvalue weighted by molar-refractivity contribution is -0.128. The number of carbonyl (C=O) groups is 2. The second-order valence-electron chi connectivity index (χ2n) is 8.23. The number of nitrogens with one attached hydrogen (secondary N) is 1. The van der Waals surface area contributed by atoms with Crippen molar-refractivity contribution in [2.45, 2.75) is 59.6 Å². The Morgan fingerprint density at radius 1 is 1.21 bits per heavy atom. The Balaban J connectivity index is 1.70. The van der Waals surface area contributed by atoms with E-state index in [4.69, 9.17) is 4.74 Å². The number of benzene rings is 2. The second kappa shape index (κ2) is 9.35. The van der Waals surface area contributed by atoms with E-state index in [2.05, 4.69) is 24.1 Å². The van der Waals surface area contributed by atoms with Crippen LogP contribution in [-0.4, -0.2) is 28.9 Å². The first-order chi connectivity index (χ1) is 15.8. The molecule has 1 aliphatic heterocycles. The van der Waals surface area contributed by atoms with Crippen LogP contribution < -0.4 is 15.0 Å². The summed E-state index contributed by atoms with van der Waals surface area (Å²) in [6.07, 6.45) is 0.948. The van der Waals surface area contributed by atoms with Crippen LogP contribution in [0.2, 0.25) is 0 Å². The minimum absolute atomic E-state index is 0.228. The van der Waals surface area contributed by atoms with Gasteiger partial charge in [-0.15, -0.1) is 11.3 Å². The molecule has 0 saturated carbocycles. The zero-order valence-corrected chi connectivity index (χ0v) is 20.5. The number of aryl methyl sites for hydroxylation is 3. The molecule has 2 amide bonds. The predicted molar refractivity (Wildman–Crippen MR) is 133 cm³/mol. The zero-order valence-electron chi connectivity index (χ0n) is 19.6. The molecule has 1 aliphatic rings. The number of carbonyl (C=O) groups excluding carboxylic acids is 2. The summed E-state index contributed by atoms with van der Waals surface area (Å²) in [5.74, 6) is 0.116. The lowest BCUT2D eigenvalue weighted by Gasteiger charge is -2.36. The van der Waals surface area contributed by atoms with E-state index in [1.54, 1.807) is 30.1 Å². The third kappa shape index (κ3) is 4.37. The van der Waals surface area contributed by atoms with Gasteiger partial charge in [0.05, 0.1) is 16.4 Å². The second-order valence-corrected chi connectivity index (χ2v) is 9.29. The molecule has 2 heterocycles. The molecule has 33 heavy (non-hydrogen) atoms.